The van der Waals surface area contributed by atoms with Gasteiger partial charge in [0.1, 0.15) is 0 Å². The highest BCUT2D eigenvalue weighted by atomic mass is 16.4. The Labute approximate surface area is 112 Å². The number of carbonyl (C=O) groups excluding carboxylic acids is 1. The number of carboxylic acid groups (broad SMARTS) is 1. The first-order chi connectivity index (χ1) is 9.13. The van der Waals surface area contributed by atoms with E-state index in [0.717, 1.165) is 18.4 Å². The van der Waals surface area contributed by atoms with Crippen LogP contribution in [0.25, 0.3) is 0 Å². The zero-order valence-electron chi connectivity index (χ0n) is 10.8. The quantitative estimate of drug-likeness (QED) is 0.622. The van der Waals surface area contributed by atoms with Gasteiger partial charge in [-0.3, -0.25) is 9.59 Å². The minimum Gasteiger partial charge on any atom is -0.481 e. The molecule has 0 saturated carbocycles. The molecule has 0 saturated heterocycles. The molecule has 0 aromatic heterocycles. The molecule has 1 aromatic rings. The Morgan fingerprint density at radius 3 is 2.32 bits per heavy atom. The molecule has 1 rings (SSSR count). The summed E-state index contributed by atoms with van der Waals surface area (Å²) >= 11 is 0. The Balaban J connectivity index is 2.21. The maximum atomic E-state index is 11.7. The Morgan fingerprint density at radius 1 is 1.05 bits per heavy atom. The Bertz CT molecular complexity index is 414. The molecule has 0 unspecified atom stereocenters. The number of aliphatic hydroxyl groups excluding tert-OH is 1. The van der Waals surface area contributed by atoms with Gasteiger partial charge in [-0.25, -0.2) is 0 Å². The van der Waals surface area contributed by atoms with Gasteiger partial charge in [-0.2, -0.15) is 0 Å². The highest BCUT2D eigenvalue weighted by molar-refractivity contribution is 5.94. The van der Waals surface area contributed by atoms with Crippen molar-refractivity contribution in [3.05, 3.63) is 35.4 Å². The summed E-state index contributed by atoms with van der Waals surface area (Å²) in [6, 6.07) is 6.76. The second kappa shape index (κ2) is 8.26. The van der Waals surface area contributed by atoms with E-state index in [-0.39, 0.29) is 18.9 Å². The van der Waals surface area contributed by atoms with E-state index in [1.807, 2.05) is 0 Å². The molecule has 0 aliphatic rings. The lowest BCUT2D eigenvalue weighted by Crippen LogP contribution is -2.24. The molecule has 104 valence electrons. The molecular formula is C14H19NO4. The van der Waals surface area contributed by atoms with Crippen LogP contribution in [0.3, 0.4) is 0 Å². The van der Waals surface area contributed by atoms with Crippen LogP contribution < -0.4 is 5.32 Å². The second-order valence-electron chi connectivity index (χ2n) is 4.32. The van der Waals surface area contributed by atoms with E-state index in [0.29, 0.717) is 18.5 Å². The first-order valence-corrected chi connectivity index (χ1v) is 6.33. The van der Waals surface area contributed by atoms with Crippen molar-refractivity contribution in [1.82, 2.24) is 5.32 Å². The molecule has 0 aliphatic heterocycles. The number of hydrogen-bond donors (Lipinski definition) is 3. The van der Waals surface area contributed by atoms with Crippen molar-refractivity contribution >= 4 is 11.9 Å². The average molecular weight is 265 g/mol. The maximum Gasteiger partial charge on any atom is 0.303 e. The van der Waals surface area contributed by atoms with Gasteiger partial charge < -0.3 is 15.5 Å². The number of rotatable bonds is 8. The Morgan fingerprint density at radius 2 is 1.74 bits per heavy atom. The van der Waals surface area contributed by atoms with Gasteiger partial charge in [-0.05, 0) is 30.5 Å². The topological polar surface area (TPSA) is 86.6 Å². The summed E-state index contributed by atoms with van der Waals surface area (Å²) in [4.78, 5) is 22.0. The summed E-state index contributed by atoms with van der Waals surface area (Å²) in [6.07, 6.45) is 2.37. The van der Waals surface area contributed by atoms with Crippen molar-refractivity contribution in [2.75, 3.05) is 6.54 Å². The fourth-order valence-electron chi connectivity index (χ4n) is 1.64. The van der Waals surface area contributed by atoms with E-state index >= 15 is 0 Å². The van der Waals surface area contributed by atoms with Gasteiger partial charge >= 0.3 is 5.97 Å². The van der Waals surface area contributed by atoms with E-state index in [9.17, 15) is 9.59 Å². The summed E-state index contributed by atoms with van der Waals surface area (Å²) in [5, 5.41) is 20.1. The molecule has 0 radical (unpaired) electrons. The molecule has 0 bridgehead atoms. The highest BCUT2D eigenvalue weighted by Gasteiger charge is 2.04. The van der Waals surface area contributed by atoms with Crippen molar-refractivity contribution in [2.24, 2.45) is 0 Å². The molecule has 0 spiro atoms. The second-order valence-corrected chi connectivity index (χ2v) is 4.32. The molecule has 0 atom stereocenters. The molecule has 0 aliphatic carbocycles. The Kier molecular flexibility index (Phi) is 6.60. The van der Waals surface area contributed by atoms with E-state index in [1.165, 1.54) is 0 Å². The number of amides is 1. The first-order valence-electron chi connectivity index (χ1n) is 6.33. The monoisotopic (exact) mass is 265 g/mol. The number of nitrogens with one attached hydrogen (secondary N) is 1. The van der Waals surface area contributed by atoms with Gasteiger partial charge in [0.15, 0.2) is 0 Å². The Hall–Kier alpha value is -1.88. The zero-order valence-corrected chi connectivity index (χ0v) is 10.8. The maximum absolute atomic E-state index is 11.7. The van der Waals surface area contributed by atoms with Crippen molar-refractivity contribution in [1.29, 1.82) is 0 Å². The van der Waals surface area contributed by atoms with E-state index < -0.39 is 5.97 Å². The van der Waals surface area contributed by atoms with Crippen LogP contribution >= 0.6 is 0 Å². The summed E-state index contributed by atoms with van der Waals surface area (Å²) < 4.78 is 0. The smallest absolute Gasteiger partial charge is 0.303 e. The number of aliphatic carboxylic acids is 1. The number of carboxylic acids is 1. The number of benzene rings is 1. The molecule has 0 fully saturated rings. The van der Waals surface area contributed by atoms with Crippen molar-refractivity contribution < 1.29 is 19.8 Å². The zero-order chi connectivity index (χ0) is 14.1. The molecule has 1 aromatic carbocycles. The lowest BCUT2D eigenvalue weighted by Gasteiger charge is -2.05. The molecule has 3 N–H and O–H groups in total. The van der Waals surface area contributed by atoms with Crippen LogP contribution in [0.1, 0.15) is 41.6 Å². The van der Waals surface area contributed by atoms with E-state index in [1.54, 1.807) is 24.3 Å². The van der Waals surface area contributed by atoms with Crippen molar-refractivity contribution in [3.8, 4) is 0 Å². The number of hydrogen-bond acceptors (Lipinski definition) is 3. The average Bonchev–Trinajstić information content (AvgIpc) is 2.42. The number of unbranched alkanes of at least 4 members (excludes halogenated alkanes) is 2. The minimum atomic E-state index is -0.784. The van der Waals surface area contributed by atoms with Crippen LogP contribution in [0.2, 0.25) is 0 Å². The van der Waals surface area contributed by atoms with Crippen LogP contribution in [0.4, 0.5) is 0 Å². The van der Waals surface area contributed by atoms with Crippen LogP contribution in [-0.2, 0) is 11.4 Å². The van der Waals surface area contributed by atoms with E-state index in [4.69, 9.17) is 10.2 Å². The van der Waals surface area contributed by atoms with Gasteiger partial charge in [-0.1, -0.05) is 18.6 Å². The van der Waals surface area contributed by atoms with Gasteiger partial charge in [-0.15, -0.1) is 0 Å². The van der Waals surface area contributed by atoms with Gasteiger partial charge in [0, 0.05) is 18.5 Å². The summed E-state index contributed by atoms with van der Waals surface area (Å²) in [5.41, 5.74) is 1.33. The lowest BCUT2D eigenvalue weighted by molar-refractivity contribution is -0.137. The van der Waals surface area contributed by atoms with Gasteiger partial charge in [0.05, 0.1) is 6.61 Å². The van der Waals surface area contributed by atoms with Crippen LogP contribution in [0, 0.1) is 0 Å². The third kappa shape index (κ3) is 6.01. The highest BCUT2D eigenvalue weighted by Crippen LogP contribution is 2.04. The molecule has 1 amide bonds. The minimum absolute atomic E-state index is 0.0362. The fourth-order valence-corrected chi connectivity index (χ4v) is 1.64. The largest absolute Gasteiger partial charge is 0.481 e. The molecule has 19 heavy (non-hydrogen) atoms. The normalized spacial score (nSPS) is 10.2. The summed E-state index contributed by atoms with van der Waals surface area (Å²) in [5.74, 6) is -0.935. The van der Waals surface area contributed by atoms with Gasteiger partial charge in [0.2, 0.25) is 0 Å². The predicted molar refractivity (Wildman–Crippen MR) is 70.8 cm³/mol. The van der Waals surface area contributed by atoms with Crippen LogP contribution in [0.5, 0.6) is 0 Å². The van der Waals surface area contributed by atoms with E-state index in [2.05, 4.69) is 5.32 Å². The standard InChI is InChI=1S/C14H19NO4/c16-10-11-5-7-12(8-6-11)14(19)15-9-3-1-2-4-13(17)18/h5-8,16H,1-4,9-10H2,(H,15,19)(H,17,18). The third-order valence-electron chi connectivity index (χ3n) is 2.75. The van der Waals surface area contributed by atoms with Gasteiger partial charge in [0.25, 0.3) is 5.91 Å². The first kappa shape index (κ1) is 15.2. The summed E-state index contributed by atoms with van der Waals surface area (Å²) in [6.45, 7) is 0.506. The molecular weight excluding hydrogens is 246 g/mol. The van der Waals surface area contributed by atoms with Crippen molar-refractivity contribution in [3.63, 3.8) is 0 Å². The number of carbonyl (C=O) groups is 2. The van der Waals surface area contributed by atoms with Crippen molar-refractivity contribution in [2.45, 2.75) is 32.3 Å². The van der Waals surface area contributed by atoms with Crippen LogP contribution in [-0.4, -0.2) is 28.6 Å². The van der Waals surface area contributed by atoms with Crippen LogP contribution in [0.15, 0.2) is 24.3 Å². The predicted octanol–water partition coefficient (Wildman–Crippen LogP) is 1.55. The molecule has 0 heterocycles. The third-order valence-corrected chi connectivity index (χ3v) is 2.75. The molecule has 5 heteroatoms. The SMILES string of the molecule is O=C(O)CCCCCNC(=O)c1ccc(CO)cc1. The lowest BCUT2D eigenvalue weighted by atomic mass is 10.1. The fraction of sp³-hybridized carbons (Fsp3) is 0.429. The number of aliphatic hydroxyl groups is 1. The summed E-state index contributed by atoms with van der Waals surface area (Å²) in [7, 11) is 0. The molecule has 5 nitrogen and oxygen atoms in total.